The third kappa shape index (κ3) is 2.51. The Kier molecular flexibility index (Phi) is 3.79. The van der Waals surface area contributed by atoms with Crippen LogP contribution in [0, 0.1) is 6.92 Å². The minimum absolute atomic E-state index is 0.346. The lowest BCUT2D eigenvalue weighted by Crippen LogP contribution is -2.13. The van der Waals surface area contributed by atoms with Gasteiger partial charge in [-0.1, -0.05) is 5.16 Å². The highest BCUT2D eigenvalue weighted by Gasteiger charge is 2.16. The van der Waals surface area contributed by atoms with Crippen LogP contribution in [-0.2, 0) is 0 Å². The molecule has 1 amide bonds. The van der Waals surface area contributed by atoms with Gasteiger partial charge in [-0.25, -0.2) is 0 Å². The van der Waals surface area contributed by atoms with Crippen molar-refractivity contribution >= 4 is 17.3 Å². The molecule has 7 nitrogen and oxygen atoms in total. The molecule has 0 saturated heterocycles. The SMILES string of the molecule is COc1cc(N)c(NC(=O)c2cnoc2C)cc1OC. The summed E-state index contributed by atoms with van der Waals surface area (Å²) in [7, 11) is 3.01. The lowest BCUT2D eigenvalue weighted by molar-refractivity contribution is 0.102. The topological polar surface area (TPSA) is 99.6 Å². The van der Waals surface area contributed by atoms with Crippen molar-refractivity contribution in [2.24, 2.45) is 0 Å². The number of nitrogens with one attached hydrogen (secondary N) is 1. The molecule has 0 spiro atoms. The molecule has 3 N–H and O–H groups in total. The van der Waals surface area contributed by atoms with Gasteiger partial charge < -0.3 is 25.0 Å². The molecule has 106 valence electrons. The van der Waals surface area contributed by atoms with Crippen molar-refractivity contribution in [3.05, 3.63) is 29.7 Å². The van der Waals surface area contributed by atoms with E-state index in [9.17, 15) is 4.79 Å². The minimum atomic E-state index is -0.359. The lowest BCUT2D eigenvalue weighted by Gasteiger charge is -2.13. The number of nitrogens with zero attached hydrogens (tertiary/aromatic N) is 1. The van der Waals surface area contributed by atoms with E-state index in [2.05, 4.69) is 10.5 Å². The lowest BCUT2D eigenvalue weighted by atomic mass is 10.2. The summed E-state index contributed by atoms with van der Waals surface area (Å²) in [5.41, 5.74) is 7.01. The summed E-state index contributed by atoms with van der Waals surface area (Å²) >= 11 is 0. The highest BCUT2D eigenvalue weighted by Crippen LogP contribution is 2.35. The molecule has 0 aliphatic rings. The van der Waals surface area contributed by atoms with Crippen LogP contribution in [0.4, 0.5) is 11.4 Å². The Labute approximate surface area is 115 Å². The number of amides is 1. The highest BCUT2D eigenvalue weighted by molar-refractivity contribution is 6.06. The van der Waals surface area contributed by atoms with Crippen molar-refractivity contribution in [2.45, 2.75) is 6.92 Å². The number of hydrogen-bond donors (Lipinski definition) is 2. The number of aryl methyl sites for hydroxylation is 1. The Bertz CT molecular complexity index is 637. The van der Waals surface area contributed by atoms with Crippen LogP contribution < -0.4 is 20.5 Å². The average molecular weight is 277 g/mol. The summed E-state index contributed by atoms with van der Waals surface area (Å²) < 4.78 is 15.1. The van der Waals surface area contributed by atoms with E-state index in [0.717, 1.165) is 0 Å². The molecule has 1 aromatic heterocycles. The monoisotopic (exact) mass is 277 g/mol. The van der Waals surface area contributed by atoms with Gasteiger partial charge in [0.25, 0.3) is 5.91 Å². The highest BCUT2D eigenvalue weighted by atomic mass is 16.5. The molecule has 2 rings (SSSR count). The molecule has 7 heteroatoms. The number of carbonyl (C=O) groups is 1. The van der Waals surface area contributed by atoms with Gasteiger partial charge in [0, 0.05) is 12.1 Å². The number of rotatable bonds is 4. The fourth-order valence-corrected chi connectivity index (χ4v) is 1.71. The van der Waals surface area contributed by atoms with Crippen LogP contribution in [0.15, 0.2) is 22.9 Å². The fourth-order valence-electron chi connectivity index (χ4n) is 1.71. The number of methoxy groups -OCH3 is 2. The standard InChI is InChI=1S/C13H15N3O4/c1-7-8(6-15-20-7)13(17)16-10-5-12(19-3)11(18-2)4-9(10)14/h4-6H,14H2,1-3H3,(H,16,17). The molecule has 0 radical (unpaired) electrons. The Hall–Kier alpha value is -2.70. The molecule has 1 aromatic carbocycles. The van der Waals surface area contributed by atoms with Gasteiger partial charge in [-0.15, -0.1) is 0 Å². The summed E-state index contributed by atoms with van der Waals surface area (Å²) in [6, 6.07) is 3.17. The second-order valence-corrected chi connectivity index (χ2v) is 4.04. The number of carbonyl (C=O) groups excluding carboxylic acids is 1. The van der Waals surface area contributed by atoms with Crippen molar-refractivity contribution in [1.82, 2.24) is 5.16 Å². The van der Waals surface area contributed by atoms with Crippen LogP contribution in [0.2, 0.25) is 0 Å². The molecule has 20 heavy (non-hydrogen) atoms. The molecular weight excluding hydrogens is 262 g/mol. The van der Waals surface area contributed by atoms with E-state index in [-0.39, 0.29) is 5.91 Å². The van der Waals surface area contributed by atoms with E-state index < -0.39 is 0 Å². The molecular formula is C13H15N3O4. The molecule has 0 unspecified atom stereocenters. The second-order valence-electron chi connectivity index (χ2n) is 4.04. The number of ether oxygens (including phenoxy) is 2. The first-order valence-electron chi connectivity index (χ1n) is 5.81. The molecule has 0 bridgehead atoms. The van der Waals surface area contributed by atoms with Gasteiger partial charge in [-0.2, -0.15) is 0 Å². The third-order valence-electron chi connectivity index (χ3n) is 2.80. The van der Waals surface area contributed by atoms with Crippen molar-refractivity contribution < 1.29 is 18.8 Å². The fraction of sp³-hybridized carbons (Fsp3) is 0.231. The van der Waals surface area contributed by atoms with Crippen LogP contribution in [0.25, 0.3) is 0 Å². The van der Waals surface area contributed by atoms with E-state index >= 15 is 0 Å². The molecule has 2 aromatic rings. The van der Waals surface area contributed by atoms with E-state index in [1.165, 1.54) is 20.4 Å². The maximum Gasteiger partial charge on any atom is 0.260 e. The van der Waals surface area contributed by atoms with Gasteiger partial charge >= 0.3 is 0 Å². The van der Waals surface area contributed by atoms with Crippen LogP contribution in [0.1, 0.15) is 16.1 Å². The number of nitrogens with two attached hydrogens (primary N) is 1. The number of aromatic nitrogens is 1. The zero-order valence-corrected chi connectivity index (χ0v) is 11.4. The maximum absolute atomic E-state index is 12.1. The van der Waals surface area contributed by atoms with Crippen LogP contribution in [0.3, 0.4) is 0 Å². The summed E-state index contributed by atoms with van der Waals surface area (Å²) in [6.07, 6.45) is 1.35. The molecule has 0 saturated carbocycles. The Morgan fingerprint density at radius 2 is 1.95 bits per heavy atom. The quantitative estimate of drug-likeness (QED) is 0.827. The van der Waals surface area contributed by atoms with Gasteiger partial charge in [0.15, 0.2) is 11.5 Å². The normalized spacial score (nSPS) is 10.2. The van der Waals surface area contributed by atoms with Gasteiger partial charge in [0.05, 0.1) is 31.8 Å². The van der Waals surface area contributed by atoms with Gasteiger partial charge in [-0.3, -0.25) is 4.79 Å². The van der Waals surface area contributed by atoms with Gasteiger partial charge in [-0.05, 0) is 6.92 Å². The van der Waals surface area contributed by atoms with E-state index in [1.807, 2.05) is 0 Å². The van der Waals surface area contributed by atoms with Crippen molar-refractivity contribution in [3.63, 3.8) is 0 Å². The molecule has 0 aliphatic carbocycles. The Morgan fingerprint density at radius 3 is 2.50 bits per heavy atom. The summed E-state index contributed by atoms with van der Waals surface area (Å²) in [5, 5.41) is 6.24. The van der Waals surface area contributed by atoms with E-state index in [4.69, 9.17) is 19.7 Å². The number of anilines is 2. The van der Waals surface area contributed by atoms with Crippen molar-refractivity contribution in [2.75, 3.05) is 25.3 Å². The molecule has 0 atom stereocenters. The van der Waals surface area contributed by atoms with E-state index in [1.54, 1.807) is 19.1 Å². The van der Waals surface area contributed by atoms with Crippen LogP contribution >= 0.6 is 0 Å². The Balaban J connectivity index is 2.30. The first-order valence-corrected chi connectivity index (χ1v) is 5.81. The first-order chi connectivity index (χ1) is 9.56. The average Bonchev–Trinajstić information content (AvgIpc) is 2.86. The molecule has 0 fully saturated rings. The zero-order valence-electron chi connectivity index (χ0n) is 11.4. The molecule has 1 heterocycles. The number of nitrogen functional groups attached to an aromatic ring is 1. The van der Waals surface area contributed by atoms with Crippen LogP contribution in [0.5, 0.6) is 11.5 Å². The first kappa shape index (κ1) is 13.7. The molecule has 0 aliphatic heterocycles. The zero-order chi connectivity index (χ0) is 14.7. The summed E-state index contributed by atoms with van der Waals surface area (Å²) in [5.74, 6) is 1.03. The van der Waals surface area contributed by atoms with Gasteiger partial charge in [0.2, 0.25) is 0 Å². The summed E-state index contributed by atoms with van der Waals surface area (Å²) in [4.78, 5) is 12.1. The third-order valence-corrected chi connectivity index (χ3v) is 2.80. The summed E-state index contributed by atoms with van der Waals surface area (Å²) in [6.45, 7) is 1.65. The smallest absolute Gasteiger partial charge is 0.260 e. The van der Waals surface area contributed by atoms with Crippen molar-refractivity contribution in [1.29, 1.82) is 0 Å². The second kappa shape index (κ2) is 5.52. The minimum Gasteiger partial charge on any atom is -0.493 e. The Morgan fingerprint density at radius 1 is 1.30 bits per heavy atom. The maximum atomic E-state index is 12.1. The predicted molar refractivity (Wildman–Crippen MR) is 73.2 cm³/mol. The van der Waals surface area contributed by atoms with Crippen molar-refractivity contribution in [3.8, 4) is 11.5 Å². The van der Waals surface area contributed by atoms with Gasteiger partial charge in [0.1, 0.15) is 11.3 Å². The largest absolute Gasteiger partial charge is 0.493 e. The predicted octanol–water partition coefficient (Wildman–Crippen LogP) is 1.83. The van der Waals surface area contributed by atoms with Crippen LogP contribution in [-0.4, -0.2) is 25.3 Å². The van der Waals surface area contributed by atoms with E-state index in [0.29, 0.717) is 34.2 Å². The number of benzene rings is 1. The number of hydrogen-bond acceptors (Lipinski definition) is 6.